The van der Waals surface area contributed by atoms with Gasteiger partial charge in [-0.05, 0) is 17.7 Å². The molecule has 7 nitrogen and oxygen atoms in total. The van der Waals surface area contributed by atoms with Gasteiger partial charge in [-0.1, -0.05) is 53.7 Å². The Kier molecular flexibility index (Phi) is 4.25. The van der Waals surface area contributed by atoms with Crippen LogP contribution in [0.25, 0.3) is 34.4 Å². The van der Waals surface area contributed by atoms with Crippen molar-refractivity contribution in [3.05, 3.63) is 65.7 Å². The summed E-state index contributed by atoms with van der Waals surface area (Å²) in [6.45, 7) is 0. The fourth-order valence-corrected chi connectivity index (χ4v) is 2.74. The summed E-state index contributed by atoms with van der Waals surface area (Å²) in [6, 6.07) is 15.6. The van der Waals surface area contributed by atoms with E-state index in [0.717, 1.165) is 27.7 Å². The summed E-state index contributed by atoms with van der Waals surface area (Å²) in [7, 11) is 3.27. The van der Waals surface area contributed by atoms with Crippen molar-refractivity contribution in [2.24, 2.45) is 0 Å². The van der Waals surface area contributed by atoms with Gasteiger partial charge in [0, 0.05) is 25.0 Å². The number of nitrogens with one attached hydrogen (secondary N) is 1. The number of amides is 1. The van der Waals surface area contributed by atoms with Gasteiger partial charge in [-0.2, -0.15) is 10.1 Å². The number of carbonyl (C=O) groups is 1. The quantitative estimate of drug-likeness (QED) is 0.603. The van der Waals surface area contributed by atoms with Crippen molar-refractivity contribution in [3.8, 4) is 11.4 Å². The smallest absolute Gasteiger partial charge is 0.316 e. The van der Waals surface area contributed by atoms with Crippen LogP contribution in [0.3, 0.4) is 0 Å². The van der Waals surface area contributed by atoms with Crippen LogP contribution < -0.4 is 0 Å². The average molecular weight is 359 g/mol. The third-order valence-corrected chi connectivity index (χ3v) is 4.14. The highest BCUT2D eigenvalue weighted by atomic mass is 16.5. The van der Waals surface area contributed by atoms with Gasteiger partial charge in [-0.3, -0.25) is 9.89 Å². The van der Waals surface area contributed by atoms with Crippen molar-refractivity contribution in [2.45, 2.75) is 0 Å². The zero-order valence-electron chi connectivity index (χ0n) is 14.9. The molecule has 4 aromatic rings. The summed E-state index contributed by atoms with van der Waals surface area (Å²) in [5.74, 6) is 0.00387. The van der Waals surface area contributed by atoms with Gasteiger partial charge in [0.25, 0.3) is 0 Å². The van der Waals surface area contributed by atoms with Crippen molar-refractivity contribution in [1.82, 2.24) is 25.2 Å². The van der Waals surface area contributed by atoms with Gasteiger partial charge < -0.3 is 9.42 Å². The molecule has 0 aliphatic rings. The fraction of sp³-hybridized carbons (Fsp3) is 0.100. The number of aromatic amines is 1. The molecule has 0 spiro atoms. The Labute approximate surface area is 155 Å². The van der Waals surface area contributed by atoms with Crippen molar-refractivity contribution in [1.29, 1.82) is 0 Å². The van der Waals surface area contributed by atoms with Crippen LogP contribution in [0.2, 0.25) is 0 Å². The molecule has 0 saturated heterocycles. The minimum atomic E-state index is -0.329. The van der Waals surface area contributed by atoms with E-state index in [2.05, 4.69) is 20.3 Å². The first-order valence-corrected chi connectivity index (χ1v) is 8.39. The predicted octanol–water partition coefficient (Wildman–Crippen LogP) is 3.49. The summed E-state index contributed by atoms with van der Waals surface area (Å²) in [5, 5.41) is 12.4. The first kappa shape index (κ1) is 16.7. The molecule has 2 aromatic carbocycles. The zero-order valence-corrected chi connectivity index (χ0v) is 14.9. The summed E-state index contributed by atoms with van der Waals surface area (Å²) in [4.78, 5) is 17.6. The van der Waals surface area contributed by atoms with E-state index in [9.17, 15) is 4.79 Å². The van der Waals surface area contributed by atoms with Crippen molar-refractivity contribution in [2.75, 3.05) is 14.1 Å². The molecule has 0 radical (unpaired) electrons. The summed E-state index contributed by atoms with van der Waals surface area (Å²) >= 11 is 0. The Bertz CT molecular complexity index is 1140. The lowest BCUT2D eigenvalue weighted by molar-refractivity contribution is 0.0779. The maximum Gasteiger partial charge on any atom is 0.316 e. The van der Waals surface area contributed by atoms with Crippen LogP contribution in [-0.4, -0.2) is 45.2 Å². The second kappa shape index (κ2) is 6.87. The molecule has 0 atom stereocenters. The van der Waals surface area contributed by atoms with Crippen LogP contribution in [0.4, 0.5) is 0 Å². The summed E-state index contributed by atoms with van der Waals surface area (Å²) in [5.41, 5.74) is 3.50. The van der Waals surface area contributed by atoms with E-state index in [1.54, 1.807) is 14.1 Å². The zero-order chi connectivity index (χ0) is 18.8. The van der Waals surface area contributed by atoms with E-state index in [4.69, 9.17) is 4.52 Å². The van der Waals surface area contributed by atoms with Crippen LogP contribution in [0.5, 0.6) is 0 Å². The Balaban J connectivity index is 1.69. The number of hydrogen-bond acceptors (Lipinski definition) is 5. The van der Waals surface area contributed by atoms with Crippen LogP contribution in [0.1, 0.15) is 21.9 Å². The number of rotatable bonds is 4. The lowest BCUT2D eigenvalue weighted by Gasteiger charge is -2.04. The molecule has 2 heterocycles. The minimum Gasteiger partial charge on any atom is -0.341 e. The predicted molar refractivity (Wildman–Crippen MR) is 103 cm³/mol. The number of benzene rings is 2. The lowest BCUT2D eigenvalue weighted by atomic mass is 10.1. The molecule has 0 aliphatic heterocycles. The molecular formula is C20H17N5O2. The molecule has 134 valence electrons. The highest BCUT2D eigenvalue weighted by Crippen LogP contribution is 2.24. The van der Waals surface area contributed by atoms with Gasteiger partial charge in [-0.25, -0.2) is 0 Å². The van der Waals surface area contributed by atoms with E-state index in [0.29, 0.717) is 5.82 Å². The Morgan fingerprint density at radius 1 is 1.07 bits per heavy atom. The SMILES string of the molecule is CN(C)C(=O)c1nc(-c2ccccc2C=Cc2n[nH]c3ccccc23)no1. The average Bonchev–Trinajstić information content (AvgIpc) is 3.33. The number of fused-ring (bicyclic) bond motifs is 1. The first-order chi connectivity index (χ1) is 13.1. The second-order valence-electron chi connectivity index (χ2n) is 6.20. The molecule has 0 bridgehead atoms. The molecule has 0 fully saturated rings. The molecule has 0 unspecified atom stereocenters. The van der Waals surface area contributed by atoms with Gasteiger partial charge in [0.2, 0.25) is 5.82 Å². The van der Waals surface area contributed by atoms with Gasteiger partial charge >= 0.3 is 11.8 Å². The molecule has 0 aliphatic carbocycles. The number of para-hydroxylation sites is 1. The third kappa shape index (κ3) is 3.22. The highest BCUT2D eigenvalue weighted by Gasteiger charge is 2.18. The largest absolute Gasteiger partial charge is 0.341 e. The number of H-pyrrole nitrogens is 1. The van der Waals surface area contributed by atoms with Gasteiger partial charge in [0.1, 0.15) is 0 Å². The third-order valence-electron chi connectivity index (χ3n) is 4.14. The Morgan fingerprint density at radius 2 is 1.85 bits per heavy atom. The number of aromatic nitrogens is 4. The van der Waals surface area contributed by atoms with E-state index >= 15 is 0 Å². The van der Waals surface area contributed by atoms with E-state index in [1.165, 1.54) is 4.90 Å². The lowest BCUT2D eigenvalue weighted by Crippen LogP contribution is -2.21. The molecule has 1 N–H and O–H groups in total. The highest BCUT2D eigenvalue weighted by molar-refractivity contribution is 5.91. The van der Waals surface area contributed by atoms with Crippen molar-refractivity contribution < 1.29 is 9.32 Å². The fourth-order valence-electron chi connectivity index (χ4n) is 2.74. The van der Waals surface area contributed by atoms with Crippen LogP contribution in [0.15, 0.2) is 53.1 Å². The summed E-state index contributed by atoms with van der Waals surface area (Å²) in [6.07, 6.45) is 3.88. The molecule has 4 rings (SSSR count). The molecule has 7 heteroatoms. The molecular weight excluding hydrogens is 342 g/mol. The van der Waals surface area contributed by atoms with Crippen LogP contribution in [-0.2, 0) is 0 Å². The molecule has 1 amide bonds. The minimum absolute atomic E-state index is 0.0351. The van der Waals surface area contributed by atoms with E-state index in [1.807, 2.05) is 60.7 Å². The topological polar surface area (TPSA) is 87.9 Å². The number of carbonyl (C=O) groups excluding carboxylic acids is 1. The standard InChI is InChI=1S/C20H17N5O2/c1-25(2)20(26)19-21-18(24-27-19)14-8-4-3-7-13(14)11-12-17-15-9-5-6-10-16(15)22-23-17/h3-12H,1-2H3,(H,22,23). The number of nitrogens with zero attached hydrogens (tertiary/aromatic N) is 4. The molecule has 2 aromatic heterocycles. The second-order valence-corrected chi connectivity index (χ2v) is 6.20. The first-order valence-electron chi connectivity index (χ1n) is 8.39. The molecule has 27 heavy (non-hydrogen) atoms. The maximum absolute atomic E-state index is 12.0. The van der Waals surface area contributed by atoms with Gasteiger partial charge in [0.15, 0.2) is 0 Å². The van der Waals surface area contributed by atoms with Crippen LogP contribution >= 0.6 is 0 Å². The normalized spacial score (nSPS) is 11.3. The summed E-state index contributed by atoms with van der Waals surface area (Å²) < 4.78 is 5.11. The Hall–Kier alpha value is -3.74. The van der Waals surface area contributed by atoms with Crippen molar-refractivity contribution >= 4 is 29.0 Å². The molecule has 0 saturated carbocycles. The van der Waals surface area contributed by atoms with E-state index < -0.39 is 0 Å². The van der Waals surface area contributed by atoms with Gasteiger partial charge in [0.05, 0.1) is 11.2 Å². The van der Waals surface area contributed by atoms with E-state index in [-0.39, 0.29) is 11.8 Å². The van der Waals surface area contributed by atoms with Gasteiger partial charge in [-0.15, -0.1) is 0 Å². The number of hydrogen-bond donors (Lipinski definition) is 1. The Morgan fingerprint density at radius 3 is 2.70 bits per heavy atom. The maximum atomic E-state index is 12.0. The monoisotopic (exact) mass is 359 g/mol. The van der Waals surface area contributed by atoms with Crippen molar-refractivity contribution in [3.63, 3.8) is 0 Å². The van der Waals surface area contributed by atoms with Crippen LogP contribution in [0, 0.1) is 0 Å².